The van der Waals surface area contributed by atoms with E-state index < -0.39 is 0 Å². The zero-order chi connectivity index (χ0) is 14.4. The lowest BCUT2D eigenvalue weighted by Gasteiger charge is -2.23. The van der Waals surface area contributed by atoms with Gasteiger partial charge >= 0.3 is 0 Å². The Hall–Kier alpha value is -2.01. The van der Waals surface area contributed by atoms with Crippen LogP contribution < -0.4 is 4.90 Å². The van der Waals surface area contributed by atoms with Gasteiger partial charge in [-0.3, -0.25) is 4.98 Å². The summed E-state index contributed by atoms with van der Waals surface area (Å²) in [6, 6.07) is 5.92. The molecule has 0 radical (unpaired) electrons. The molecule has 0 aromatic carbocycles. The van der Waals surface area contributed by atoms with E-state index in [9.17, 15) is 5.11 Å². The fourth-order valence-corrected chi connectivity index (χ4v) is 2.06. The van der Waals surface area contributed by atoms with Gasteiger partial charge in [0.1, 0.15) is 11.6 Å². The first-order valence-electron chi connectivity index (χ1n) is 6.82. The maximum absolute atomic E-state index is 9.27. The Bertz CT molecular complexity index is 545. The highest BCUT2D eigenvalue weighted by Crippen LogP contribution is 2.16. The minimum Gasteiger partial charge on any atom is -0.395 e. The molecule has 0 aliphatic rings. The largest absolute Gasteiger partial charge is 0.395 e. The number of anilines is 1. The third-order valence-corrected chi connectivity index (χ3v) is 3.03. The standard InChI is InChI=1S/C15H20N4O/c1-3-14-9-15(18-12(2)17-14)19(7-8-20)11-13-5-4-6-16-10-13/h4-6,9-10,20H,3,7-8,11H2,1-2H3. The van der Waals surface area contributed by atoms with Crippen LogP contribution in [0.4, 0.5) is 5.82 Å². The van der Waals surface area contributed by atoms with Gasteiger partial charge in [0.15, 0.2) is 0 Å². The van der Waals surface area contributed by atoms with Gasteiger partial charge in [-0.25, -0.2) is 9.97 Å². The van der Waals surface area contributed by atoms with E-state index in [2.05, 4.69) is 21.9 Å². The van der Waals surface area contributed by atoms with E-state index >= 15 is 0 Å². The van der Waals surface area contributed by atoms with E-state index in [1.165, 1.54) is 0 Å². The minimum atomic E-state index is 0.0881. The minimum absolute atomic E-state index is 0.0881. The van der Waals surface area contributed by atoms with Crippen molar-refractivity contribution in [1.29, 1.82) is 0 Å². The molecule has 5 nitrogen and oxygen atoms in total. The second-order valence-corrected chi connectivity index (χ2v) is 4.62. The second kappa shape index (κ2) is 6.96. The van der Waals surface area contributed by atoms with Crippen molar-refractivity contribution in [3.05, 3.63) is 47.7 Å². The summed E-state index contributed by atoms with van der Waals surface area (Å²) in [5, 5.41) is 9.27. The first kappa shape index (κ1) is 14.4. The summed E-state index contributed by atoms with van der Waals surface area (Å²) in [6.45, 7) is 5.26. The zero-order valence-corrected chi connectivity index (χ0v) is 12.0. The number of aliphatic hydroxyl groups is 1. The molecule has 0 unspecified atom stereocenters. The Morgan fingerprint density at radius 2 is 2.15 bits per heavy atom. The molecule has 1 N–H and O–H groups in total. The quantitative estimate of drug-likeness (QED) is 0.868. The molecule has 0 saturated heterocycles. The van der Waals surface area contributed by atoms with Crippen LogP contribution in [0.5, 0.6) is 0 Å². The highest BCUT2D eigenvalue weighted by Gasteiger charge is 2.10. The maximum atomic E-state index is 9.27. The highest BCUT2D eigenvalue weighted by atomic mass is 16.3. The molecule has 2 heterocycles. The Morgan fingerprint density at radius 1 is 1.30 bits per heavy atom. The lowest BCUT2D eigenvalue weighted by Crippen LogP contribution is -2.27. The Kier molecular flexibility index (Phi) is 5.01. The van der Waals surface area contributed by atoms with Crippen LogP contribution in [0.15, 0.2) is 30.6 Å². The van der Waals surface area contributed by atoms with Gasteiger partial charge in [-0.2, -0.15) is 0 Å². The normalized spacial score (nSPS) is 10.6. The number of rotatable bonds is 6. The molecule has 0 bridgehead atoms. The van der Waals surface area contributed by atoms with Crippen LogP contribution in [0.1, 0.15) is 24.0 Å². The topological polar surface area (TPSA) is 62.1 Å². The summed E-state index contributed by atoms with van der Waals surface area (Å²) in [5.74, 6) is 1.61. The van der Waals surface area contributed by atoms with Gasteiger partial charge in [0.2, 0.25) is 0 Å². The van der Waals surface area contributed by atoms with Gasteiger partial charge in [-0.05, 0) is 25.0 Å². The summed E-state index contributed by atoms with van der Waals surface area (Å²) in [6.07, 6.45) is 4.46. The second-order valence-electron chi connectivity index (χ2n) is 4.62. The molecule has 2 rings (SSSR count). The van der Waals surface area contributed by atoms with Crippen LogP contribution >= 0.6 is 0 Å². The maximum Gasteiger partial charge on any atom is 0.132 e. The molecule has 0 atom stereocenters. The molecular formula is C15H20N4O. The molecule has 106 valence electrons. The molecule has 0 aliphatic carbocycles. The van der Waals surface area contributed by atoms with Crippen molar-refractivity contribution in [2.45, 2.75) is 26.8 Å². The van der Waals surface area contributed by atoms with Crippen molar-refractivity contribution in [3.63, 3.8) is 0 Å². The zero-order valence-electron chi connectivity index (χ0n) is 12.0. The van der Waals surface area contributed by atoms with Crippen LogP contribution in [-0.2, 0) is 13.0 Å². The number of hydrogen-bond acceptors (Lipinski definition) is 5. The van der Waals surface area contributed by atoms with Crippen molar-refractivity contribution >= 4 is 5.82 Å². The van der Waals surface area contributed by atoms with Crippen LogP contribution in [-0.4, -0.2) is 33.2 Å². The number of aliphatic hydroxyl groups excluding tert-OH is 1. The predicted molar refractivity (Wildman–Crippen MR) is 78.5 cm³/mol. The fraction of sp³-hybridized carbons (Fsp3) is 0.400. The third kappa shape index (κ3) is 3.74. The summed E-state index contributed by atoms with van der Waals surface area (Å²) in [4.78, 5) is 15.0. The average Bonchev–Trinajstić information content (AvgIpc) is 2.47. The third-order valence-electron chi connectivity index (χ3n) is 3.03. The molecule has 0 fully saturated rings. The summed E-state index contributed by atoms with van der Waals surface area (Å²) in [7, 11) is 0. The van der Waals surface area contributed by atoms with E-state index in [4.69, 9.17) is 0 Å². The van der Waals surface area contributed by atoms with Crippen molar-refractivity contribution in [1.82, 2.24) is 15.0 Å². The Balaban J connectivity index is 2.26. The molecule has 0 aliphatic heterocycles. The van der Waals surface area contributed by atoms with E-state index in [0.717, 1.165) is 29.3 Å². The Morgan fingerprint density at radius 3 is 2.80 bits per heavy atom. The van der Waals surface area contributed by atoms with Gasteiger partial charge in [-0.15, -0.1) is 0 Å². The highest BCUT2D eigenvalue weighted by molar-refractivity contribution is 5.40. The van der Waals surface area contributed by atoms with Gasteiger partial charge in [-0.1, -0.05) is 13.0 Å². The smallest absolute Gasteiger partial charge is 0.132 e. The van der Waals surface area contributed by atoms with Crippen LogP contribution in [0.25, 0.3) is 0 Å². The lowest BCUT2D eigenvalue weighted by atomic mass is 10.2. The van der Waals surface area contributed by atoms with Crippen LogP contribution in [0.3, 0.4) is 0 Å². The molecule has 5 heteroatoms. The van der Waals surface area contributed by atoms with Gasteiger partial charge in [0, 0.05) is 37.2 Å². The van der Waals surface area contributed by atoms with E-state index in [1.807, 2.05) is 36.2 Å². The molecule has 2 aromatic heterocycles. The number of nitrogens with zero attached hydrogens (tertiary/aromatic N) is 4. The lowest BCUT2D eigenvalue weighted by molar-refractivity contribution is 0.301. The molecule has 0 spiro atoms. The number of hydrogen-bond donors (Lipinski definition) is 1. The SMILES string of the molecule is CCc1cc(N(CCO)Cc2cccnc2)nc(C)n1. The Labute approximate surface area is 119 Å². The first-order valence-corrected chi connectivity index (χ1v) is 6.82. The molecule has 2 aromatic rings. The molecule has 0 amide bonds. The fourth-order valence-electron chi connectivity index (χ4n) is 2.06. The van der Waals surface area contributed by atoms with E-state index in [-0.39, 0.29) is 6.61 Å². The van der Waals surface area contributed by atoms with Crippen LogP contribution in [0, 0.1) is 6.92 Å². The predicted octanol–water partition coefficient (Wildman–Crippen LogP) is 1.74. The van der Waals surface area contributed by atoms with Crippen molar-refractivity contribution < 1.29 is 5.11 Å². The van der Waals surface area contributed by atoms with Crippen molar-refractivity contribution in [2.75, 3.05) is 18.1 Å². The van der Waals surface area contributed by atoms with E-state index in [0.29, 0.717) is 13.1 Å². The summed E-state index contributed by atoms with van der Waals surface area (Å²) < 4.78 is 0. The molecule has 0 saturated carbocycles. The summed E-state index contributed by atoms with van der Waals surface area (Å²) in [5.41, 5.74) is 2.11. The molecule has 20 heavy (non-hydrogen) atoms. The summed E-state index contributed by atoms with van der Waals surface area (Å²) >= 11 is 0. The average molecular weight is 272 g/mol. The van der Waals surface area contributed by atoms with Gasteiger partial charge < -0.3 is 10.0 Å². The molecular weight excluding hydrogens is 252 g/mol. The van der Waals surface area contributed by atoms with Crippen molar-refractivity contribution in [3.8, 4) is 0 Å². The van der Waals surface area contributed by atoms with Gasteiger partial charge in [0.25, 0.3) is 0 Å². The number of aryl methyl sites for hydroxylation is 2. The monoisotopic (exact) mass is 272 g/mol. The van der Waals surface area contributed by atoms with Crippen molar-refractivity contribution in [2.24, 2.45) is 0 Å². The van der Waals surface area contributed by atoms with Crippen LogP contribution in [0.2, 0.25) is 0 Å². The van der Waals surface area contributed by atoms with Gasteiger partial charge in [0.05, 0.1) is 6.61 Å². The number of pyridine rings is 1. The number of aromatic nitrogens is 3. The first-order chi connectivity index (χ1) is 9.72. The van der Waals surface area contributed by atoms with E-state index in [1.54, 1.807) is 6.20 Å².